The van der Waals surface area contributed by atoms with Crippen molar-refractivity contribution in [2.75, 3.05) is 38.2 Å². The molecule has 1 aromatic heterocycles. The molecule has 2 aromatic rings. The first-order chi connectivity index (χ1) is 13.5. The van der Waals surface area contributed by atoms with Crippen LogP contribution >= 0.6 is 0 Å². The van der Waals surface area contributed by atoms with E-state index in [2.05, 4.69) is 27.1 Å². The van der Waals surface area contributed by atoms with E-state index >= 15 is 0 Å². The second-order valence-electron chi connectivity index (χ2n) is 7.08. The number of aryl methyl sites for hydroxylation is 2. The molecule has 7 nitrogen and oxygen atoms in total. The smallest absolute Gasteiger partial charge is 0.318 e. The first-order valence-corrected chi connectivity index (χ1v) is 9.76. The summed E-state index contributed by atoms with van der Waals surface area (Å²) in [5, 5.41) is 3.16. The molecule has 28 heavy (non-hydrogen) atoms. The van der Waals surface area contributed by atoms with E-state index in [0.29, 0.717) is 13.1 Å². The molecule has 1 aromatic carbocycles. The molecule has 7 heteroatoms. The van der Waals surface area contributed by atoms with Crippen LogP contribution in [-0.4, -0.2) is 54.2 Å². The van der Waals surface area contributed by atoms with Gasteiger partial charge < -0.3 is 19.9 Å². The normalized spacial score (nSPS) is 15.3. The van der Waals surface area contributed by atoms with E-state index in [-0.39, 0.29) is 12.1 Å². The fraction of sp³-hybridized carbons (Fsp3) is 0.476. The molecule has 1 atom stereocenters. The largest absolute Gasteiger partial charge is 0.497 e. The lowest BCUT2D eigenvalue weighted by Gasteiger charge is -2.36. The first-order valence-electron chi connectivity index (χ1n) is 9.76. The fourth-order valence-electron chi connectivity index (χ4n) is 3.44. The third kappa shape index (κ3) is 4.52. The molecular weight excluding hydrogens is 354 g/mol. The van der Waals surface area contributed by atoms with Gasteiger partial charge in [0.15, 0.2) is 0 Å². The maximum atomic E-state index is 12.8. The zero-order valence-corrected chi connectivity index (χ0v) is 17.1. The minimum atomic E-state index is -0.0191. The number of rotatable bonds is 5. The van der Waals surface area contributed by atoms with Crippen molar-refractivity contribution in [3.8, 4) is 5.75 Å². The van der Waals surface area contributed by atoms with Crippen LogP contribution in [0, 0.1) is 13.8 Å². The predicted octanol–water partition coefficient (Wildman–Crippen LogP) is 3.08. The third-order valence-electron chi connectivity index (χ3n) is 5.14. The van der Waals surface area contributed by atoms with E-state index in [1.54, 1.807) is 13.3 Å². The lowest BCUT2D eigenvalue weighted by Crippen LogP contribution is -2.52. The van der Waals surface area contributed by atoms with Crippen LogP contribution in [-0.2, 0) is 0 Å². The van der Waals surface area contributed by atoms with Gasteiger partial charge in [0.05, 0.1) is 24.5 Å². The second kappa shape index (κ2) is 8.91. The number of ether oxygens (including phenoxy) is 1. The standard InChI is InChI=1S/C21H29N5O2/c1-5-19(17-6-8-18(28-4)9-7-17)24-21(27)26-12-10-25(11-13-26)20-16(3)22-14-15(2)23-20/h6-9,14,19H,5,10-13H2,1-4H3,(H,24,27). The van der Waals surface area contributed by atoms with Gasteiger partial charge in [0, 0.05) is 32.4 Å². The summed E-state index contributed by atoms with van der Waals surface area (Å²) in [6, 6.07) is 7.83. The van der Waals surface area contributed by atoms with Crippen LogP contribution in [0.2, 0.25) is 0 Å². The molecule has 0 spiro atoms. The number of nitrogens with zero attached hydrogens (tertiary/aromatic N) is 4. The van der Waals surface area contributed by atoms with Crippen molar-refractivity contribution >= 4 is 11.8 Å². The Morgan fingerprint density at radius 2 is 1.86 bits per heavy atom. The Morgan fingerprint density at radius 1 is 1.18 bits per heavy atom. The van der Waals surface area contributed by atoms with E-state index in [0.717, 1.165) is 48.0 Å². The summed E-state index contributed by atoms with van der Waals surface area (Å²) in [5.74, 6) is 1.74. The quantitative estimate of drug-likeness (QED) is 0.859. The Kier molecular flexibility index (Phi) is 6.34. The second-order valence-corrected chi connectivity index (χ2v) is 7.08. The number of piperazine rings is 1. The number of amides is 2. The van der Waals surface area contributed by atoms with Crippen LogP contribution in [0.1, 0.15) is 36.3 Å². The number of anilines is 1. The van der Waals surface area contributed by atoms with Crippen molar-refractivity contribution in [3.05, 3.63) is 47.4 Å². The Balaban J connectivity index is 1.58. The molecule has 0 aliphatic carbocycles. The Labute approximate surface area is 166 Å². The first kappa shape index (κ1) is 19.9. The van der Waals surface area contributed by atoms with E-state index in [1.165, 1.54) is 0 Å². The van der Waals surface area contributed by atoms with Gasteiger partial charge in [-0.25, -0.2) is 9.78 Å². The van der Waals surface area contributed by atoms with Gasteiger partial charge in [-0.15, -0.1) is 0 Å². The number of aromatic nitrogens is 2. The summed E-state index contributed by atoms with van der Waals surface area (Å²) in [6.07, 6.45) is 2.61. The molecule has 1 aliphatic heterocycles. The van der Waals surface area contributed by atoms with E-state index in [4.69, 9.17) is 4.74 Å². The van der Waals surface area contributed by atoms with Gasteiger partial charge in [0.1, 0.15) is 11.6 Å². The predicted molar refractivity (Wildman–Crippen MR) is 110 cm³/mol. The maximum Gasteiger partial charge on any atom is 0.318 e. The van der Waals surface area contributed by atoms with Crippen molar-refractivity contribution in [2.24, 2.45) is 0 Å². The lowest BCUT2D eigenvalue weighted by atomic mass is 10.0. The third-order valence-corrected chi connectivity index (χ3v) is 5.14. The van der Waals surface area contributed by atoms with Gasteiger partial charge in [0.2, 0.25) is 0 Å². The summed E-state index contributed by atoms with van der Waals surface area (Å²) in [4.78, 5) is 25.9. The lowest BCUT2D eigenvalue weighted by molar-refractivity contribution is 0.189. The number of benzene rings is 1. The molecule has 1 unspecified atom stereocenters. The zero-order chi connectivity index (χ0) is 20.1. The minimum Gasteiger partial charge on any atom is -0.497 e. The van der Waals surface area contributed by atoms with Crippen LogP contribution in [0.3, 0.4) is 0 Å². The Morgan fingerprint density at radius 3 is 2.46 bits per heavy atom. The van der Waals surface area contributed by atoms with Gasteiger partial charge in [-0.3, -0.25) is 4.98 Å². The summed E-state index contributed by atoms with van der Waals surface area (Å²) >= 11 is 0. The topological polar surface area (TPSA) is 70.6 Å². The SMILES string of the molecule is CCC(NC(=O)N1CCN(c2nc(C)cnc2C)CC1)c1ccc(OC)cc1. The number of hydrogen-bond donors (Lipinski definition) is 1. The highest BCUT2D eigenvalue weighted by Gasteiger charge is 2.24. The van der Waals surface area contributed by atoms with E-state index in [9.17, 15) is 4.79 Å². The average molecular weight is 383 g/mol. The highest BCUT2D eigenvalue weighted by atomic mass is 16.5. The van der Waals surface area contributed by atoms with Crippen molar-refractivity contribution in [2.45, 2.75) is 33.2 Å². The fourth-order valence-corrected chi connectivity index (χ4v) is 3.44. The van der Waals surface area contributed by atoms with Gasteiger partial charge in [-0.1, -0.05) is 19.1 Å². The monoisotopic (exact) mass is 383 g/mol. The Bertz CT molecular complexity index is 801. The number of urea groups is 1. The summed E-state index contributed by atoms with van der Waals surface area (Å²) in [7, 11) is 1.65. The van der Waals surface area contributed by atoms with Crippen LogP contribution in [0.5, 0.6) is 5.75 Å². The average Bonchev–Trinajstić information content (AvgIpc) is 2.74. The molecule has 150 valence electrons. The van der Waals surface area contributed by atoms with Crippen molar-refractivity contribution in [3.63, 3.8) is 0 Å². The number of carbonyl (C=O) groups excluding carboxylic acids is 1. The van der Waals surface area contributed by atoms with Gasteiger partial charge in [-0.05, 0) is 38.0 Å². The molecule has 1 saturated heterocycles. The maximum absolute atomic E-state index is 12.8. The van der Waals surface area contributed by atoms with Gasteiger partial charge in [-0.2, -0.15) is 0 Å². The molecule has 1 fully saturated rings. The highest BCUT2D eigenvalue weighted by molar-refractivity contribution is 5.75. The van der Waals surface area contributed by atoms with Crippen LogP contribution in [0.4, 0.5) is 10.6 Å². The van der Waals surface area contributed by atoms with Crippen molar-refractivity contribution in [1.82, 2.24) is 20.2 Å². The highest BCUT2D eigenvalue weighted by Crippen LogP contribution is 2.21. The number of nitrogens with one attached hydrogen (secondary N) is 1. The molecule has 0 saturated carbocycles. The Hall–Kier alpha value is -2.83. The molecule has 1 N–H and O–H groups in total. The summed E-state index contributed by atoms with van der Waals surface area (Å²) in [6.45, 7) is 8.84. The van der Waals surface area contributed by atoms with Crippen molar-refractivity contribution < 1.29 is 9.53 Å². The minimum absolute atomic E-state index is 0.0127. The molecule has 1 aliphatic rings. The molecule has 2 amide bonds. The van der Waals surface area contributed by atoms with E-state index in [1.807, 2.05) is 43.0 Å². The number of hydrogen-bond acceptors (Lipinski definition) is 5. The van der Waals surface area contributed by atoms with Crippen LogP contribution < -0.4 is 15.0 Å². The van der Waals surface area contributed by atoms with Gasteiger partial charge >= 0.3 is 6.03 Å². The zero-order valence-electron chi connectivity index (χ0n) is 17.1. The van der Waals surface area contributed by atoms with Crippen LogP contribution in [0.25, 0.3) is 0 Å². The molecular formula is C21H29N5O2. The molecule has 3 rings (SSSR count). The molecule has 2 heterocycles. The number of methoxy groups -OCH3 is 1. The summed E-state index contributed by atoms with van der Waals surface area (Å²) in [5.41, 5.74) is 2.92. The summed E-state index contributed by atoms with van der Waals surface area (Å²) < 4.78 is 5.21. The molecule has 0 bridgehead atoms. The van der Waals surface area contributed by atoms with Crippen molar-refractivity contribution in [1.29, 1.82) is 0 Å². The van der Waals surface area contributed by atoms with E-state index < -0.39 is 0 Å². The molecule has 0 radical (unpaired) electrons. The number of carbonyl (C=O) groups is 1. The van der Waals surface area contributed by atoms with Gasteiger partial charge in [0.25, 0.3) is 0 Å². The van der Waals surface area contributed by atoms with Crippen LogP contribution in [0.15, 0.2) is 30.5 Å².